The monoisotopic (exact) mass is 490 g/mol. The lowest BCUT2D eigenvalue weighted by atomic mass is 10.0. The lowest BCUT2D eigenvalue weighted by molar-refractivity contribution is -0.143. The normalized spacial score (nSPS) is 13.0. The van der Waals surface area contributed by atoms with Crippen molar-refractivity contribution in [3.63, 3.8) is 0 Å². The Bertz CT molecular complexity index is 936. The smallest absolute Gasteiger partial charge is 0.416 e. The van der Waals surface area contributed by atoms with Crippen LogP contribution in [0.4, 0.5) is 36.8 Å². The zero-order chi connectivity index (χ0) is 25.7. The highest BCUT2D eigenvalue weighted by Gasteiger charge is 2.37. The Kier molecular flexibility index (Phi) is 8.85. The molecule has 0 aromatic heterocycles. The van der Waals surface area contributed by atoms with E-state index < -0.39 is 47.7 Å². The molecule has 0 heterocycles. The van der Waals surface area contributed by atoms with Crippen LogP contribution in [0.2, 0.25) is 0 Å². The lowest BCUT2D eigenvalue weighted by Crippen LogP contribution is -2.34. The molecule has 10 heteroatoms. The highest BCUT2D eigenvalue weighted by Crippen LogP contribution is 2.37. The second-order valence-electron chi connectivity index (χ2n) is 8.05. The average Bonchev–Trinajstić information content (AvgIpc) is 2.75. The van der Waals surface area contributed by atoms with Crippen LogP contribution in [-0.4, -0.2) is 29.2 Å². The van der Waals surface area contributed by atoms with Gasteiger partial charge in [-0.05, 0) is 55.2 Å². The molecule has 1 amide bonds. The first-order valence-corrected chi connectivity index (χ1v) is 10.9. The lowest BCUT2D eigenvalue weighted by Gasteiger charge is -2.32. The van der Waals surface area contributed by atoms with Crippen molar-refractivity contribution in [1.29, 1.82) is 0 Å². The van der Waals surface area contributed by atoms with Gasteiger partial charge in [0.2, 0.25) is 0 Å². The molecule has 0 spiro atoms. The second kappa shape index (κ2) is 11.0. The zero-order valence-corrected chi connectivity index (χ0v) is 19.2. The SMILES string of the molecule is CCCN(CCC)c1ccccc1C(C)N(Cc1cc(C(F)(F)F)cc(C(F)(F)F)c1)C(=O)O. The van der Waals surface area contributed by atoms with Crippen LogP contribution in [0.15, 0.2) is 42.5 Å². The number of carbonyl (C=O) groups is 1. The number of halogens is 6. The number of anilines is 1. The van der Waals surface area contributed by atoms with E-state index in [1.807, 2.05) is 19.9 Å². The number of alkyl halides is 6. The third kappa shape index (κ3) is 6.80. The van der Waals surface area contributed by atoms with E-state index in [9.17, 15) is 36.2 Å². The van der Waals surface area contributed by atoms with Gasteiger partial charge in [0, 0.05) is 25.3 Å². The van der Waals surface area contributed by atoms with Crippen LogP contribution >= 0.6 is 0 Å². The van der Waals surface area contributed by atoms with E-state index in [0.29, 0.717) is 30.8 Å². The fourth-order valence-electron chi connectivity index (χ4n) is 3.87. The second-order valence-corrected chi connectivity index (χ2v) is 8.05. The van der Waals surface area contributed by atoms with Gasteiger partial charge in [0.25, 0.3) is 0 Å². The molecule has 1 N–H and O–H groups in total. The maximum atomic E-state index is 13.2. The Morgan fingerprint density at radius 2 is 1.41 bits per heavy atom. The molecule has 0 fully saturated rings. The molecule has 0 saturated heterocycles. The highest BCUT2D eigenvalue weighted by atomic mass is 19.4. The van der Waals surface area contributed by atoms with Gasteiger partial charge < -0.3 is 10.0 Å². The molecule has 0 aliphatic heterocycles. The first-order valence-electron chi connectivity index (χ1n) is 10.9. The fraction of sp³-hybridized carbons (Fsp3) is 0.458. The molecule has 1 atom stereocenters. The first kappa shape index (κ1) is 27.3. The summed E-state index contributed by atoms with van der Waals surface area (Å²) in [5.41, 5.74) is -1.95. The molecule has 2 aromatic carbocycles. The topological polar surface area (TPSA) is 43.8 Å². The van der Waals surface area contributed by atoms with Crippen molar-refractivity contribution in [1.82, 2.24) is 4.90 Å². The summed E-state index contributed by atoms with van der Waals surface area (Å²) in [6.45, 7) is 6.37. The molecule has 2 aromatic rings. The molecule has 0 radical (unpaired) electrons. The molecule has 1 unspecified atom stereocenters. The number of benzene rings is 2. The van der Waals surface area contributed by atoms with Crippen molar-refractivity contribution < 1.29 is 36.2 Å². The Balaban J connectivity index is 2.51. The predicted octanol–water partition coefficient (Wildman–Crippen LogP) is 7.59. The molecule has 2 rings (SSSR count). The van der Waals surface area contributed by atoms with Crippen molar-refractivity contribution in [2.24, 2.45) is 0 Å². The Hall–Kier alpha value is -2.91. The summed E-state index contributed by atoms with van der Waals surface area (Å²) in [6.07, 6.45) is -9.79. The quantitative estimate of drug-likeness (QED) is 0.368. The van der Waals surface area contributed by atoms with Gasteiger partial charge in [0.05, 0.1) is 17.2 Å². The van der Waals surface area contributed by atoms with Crippen molar-refractivity contribution in [3.05, 3.63) is 64.7 Å². The Labute approximate surface area is 194 Å². The van der Waals surface area contributed by atoms with Crippen LogP contribution in [0, 0.1) is 0 Å². The molecule has 0 bridgehead atoms. The first-order chi connectivity index (χ1) is 15.8. The summed E-state index contributed by atoms with van der Waals surface area (Å²) in [5.74, 6) is 0. The third-order valence-corrected chi connectivity index (χ3v) is 5.43. The number of carboxylic acid groups (broad SMARTS) is 1. The van der Waals surface area contributed by atoms with Gasteiger partial charge >= 0.3 is 18.4 Å². The number of rotatable bonds is 9. The average molecular weight is 490 g/mol. The minimum Gasteiger partial charge on any atom is -0.465 e. The van der Waals surface area contributed by atoms with Gasteiger partial charge in [-0.25, -0.2) is 4.79 Å². The number of hydrogen-bond acceptors (Lipinski definition) is 2. The van der Waals surface area contributed by atoms with Crippen molar-refractivity contribution in [2.45, 2.75) is 58.6 Å². The Morgan fingerprint density at radius 3 is 1.85 bits per heavy atom. The number of hydrogen-bond donors (Lipinski definition) is 1. The summed E-state index contributed by atoms with van der Waals surface area (Å²) < 4.78 is 79.4. The number of para-hydroxylation sites is 1. The molecular weight excluding hydrogens is 462 g/mol. The zero-order valence-electron chi connectivity index (χ0n) is 19.2. The predicted molar refractivity (Wildman–Crippen MR) is 118 cm³/mol. The van der Waals surface area contributed by atoms with Crippen LogP contribution in [0.25, 0.3) is 0 Å². The number of nitrogens with zero attached hydrogens (tertiary/aromatic N) is 2. The third-order valence-electron chi connectivity index (χ3n) is 5.43. The van der Waals surface area contributed by atoms with Crippen LogP contribution in [0.1, 0.15) is 61.9 Å². The van der Waals surface area contributed by atoms with Crippen LogP contribution < -0.4 is 4.90 Å². The Morgan fingerprint density at radius 1 is 0.912 bits per heavy atom. The van der Waals surface area contributed by atoms with Crippen molar-refractivity contribution in [3.8, 4) is 0 Å². The number of amides is 1. The molecule has 188 valence electrons. The largest absolute Gasteiger partial charge is 0.465 e. The van der Waals surface area contributed by atoms with Gasteiger partial charge in [-0.2, -0.15) is 26.3 Å². The molecule has 34 heavy (non-hydrogen) atoms. The molecule has 0 aliphatic rings. The van der Waals surface area contributed by atoms with E-state index >= 15 is 0 Å². The van der Waals surface area contributed by atoms with Crippen molar-refractivity contribution in [2.75, 3.05) is 18.0 Å². The molecule has 0 aliphatic carbocycles. The standard InChI is InChI=1S/C24H28F6N2O2/c1-4-10-31(11-5-2)21-9-7-6-8-20(21)16(3)32(22(33)34)15-17-12-18(23(25,26)27)14-19(13-17)24(28,29)30/h6-9,12-14,16H,4-5,10-11,15H2,1-3H3,(H,33,34). The fourth-order valence-corrected chi connectivity index (χ4v) is 3.87. The van der Waals surface area contributed by atoms with E-state index in [4.69, 9.17) is 0 Å². The van der Waals surface area contributed by atoms with Crippen molar-refractivity contribution >= 4 is 11.8 Å². The summed E-state index contributed by atoms with van der Waals surface area (Å²) in [7, 11) is 0. The minimum atomic E-state index is -5.01. The van der Waals surface area contributed by atoms with Crippen LogP contribution in [0.5, 0.6) is 0 Å². The maximum absolute atomic E-state index is 13.2. The van der Waals surface area contributed by atoms with E-state index in [1.54, 1.807) is 25.1 Å². The van der Waals surface area contributed by atoms with E-state index in [2.05, 4.69) is 4.90 Å². The minimum absolute atomic E-state index is 0.0285. The summed E-state index contributed by atoms with van der Waals surface area (Å²) >= 11 is 0. The van der Waals surface area contributed by atoms with Gasteiger partial charge in [-0.15, -0.1) is 0 Å². The molecular formula is C24H28F6N2O2. The summed E-state index contributed by atoms with van der Waals surface area (Å²) in [5, 5.41) is 9.83. The van der Waals surface area contributed by atoms with E-state index in [-0.39, 0.29) is 6.07 Å². The maximum Gasteiger partial charge on any atom is 0.416 e. The van der Waals surface area contributed by atoms with Gasteiger partial charge in [-0.1, -0.05) is 32.0 Å². The summed E-state index contributed by atoms with van der Waals surface area (Å²) in [6, 6.07) is 7.41. The molecule has 4 nitrogen and oxygen atoms in total. The van der Waals surface area contributed by atoms with Gasteiger partial charge in [0.15, 0.2) is 0 Å². The summed E-state index contributed by atoms with van der Waals surface area (Å²) in [4.78, 5) is 15.0. The van der Waals surface area contributed by atoms with Crippen LogP contribution in [-0.2, 0) is 18.9 Å². The highest BCUT2D eigenvalue weighted by molar-refractivity contribution is 5.67. The molecule has 0 saturated carbocycles. The van der Waals surface area contributed by atoms with Gasteiger partial charge in [0.1, 0.15) is 0 Å². The van der Waals surface area contributed by atoms with E-state index in [0.717, 1.165) is 23.4 Å². The van der Waals surface area contributed by atoms with Gasteiger partial charge in [-0.3, -0.25) is 4.90 Å². The van der Waals surface area contributed by atoms with E-state index in [1.165, 1.54) is 0 Å². The van der Waals surface area contributed by atoms with Crippen LogP contribution in [0.3, 0.4) is 0 Å².